The fourth-order valence-corrected chi connectivity index (χ4v) is 3.22. The molecule has 2 atom stereocenters. The second-order valence-electron chi connectivity index (χ2n) is 6.11. The fourth-order valence-electron chi connectivity index (χ4n) is 3.22. The number of aromatic nitrogens is 1. The molecule has 2 N–H and O–H groups in total. The van der Waals surface area contributed by atoms with Crippen LogP contribution in [0.4, 0.5) is 0 Å². The van der Waals surface area contributed by atoms with Gasteiger partial charge in [-0.1, -0.05) is 18.2 Å². The van der Waals surface area contributed by atoms with Crippen molar-refractivity contribution in [1.29, 1.82) is 0 Å². The Balaban J connectivity index is 1.53. The molecule has 0 bridgehead atoms. The molecule has 2 unspecified atom stereocenters. The fraction of sp³-hybridized carbons (Fsp3) is 0.529. The van der Waals surface area contributed by atoms with Crippen LogP contribution in [-0.2, 0) is 6.42 Å². The summed E-state index contributed by atoms with van der Waals surface area (Å²) in [5.74, 6) is 0. The molecule has 1 aliphatic heterocycles. The molecule has 0 amide bonds. The minimum atomic E-state index is 0.686. The Hall–Kier alpha value is -1.32. The Kier molecular flexibility index (Phi) is 4.08. The molecule has 108 valence electrons. The molecule has 0 radical (unpaired) electrons. The Labute approximate surface area is 121 Å². The van der Waals surface area contributed by atoms with E-state index >= 15 is 0 Å². The number of fused-ring (bicyclic) bond motifs is 1. The van der Waals surface area contributed by atoms with Crippen LogP contribution >= 0.6 is 0 Å². The molecule has 0 saturated carbocycles. The Morgan fingerprint density at radius 1 is 1.35 bits per heavy atom. The Morgan fingerprint density at radius 2 is 2.20 bits per heavy atom. The number of benzene rings is 1. The highest BCUT2D eigenvalue weighted by atomic mass is 15.1. The van der Waals surface area contributed by atoms with Crippen molar-refractivity contribution in [1.82, 2.24) is 15.2 Å². The molecule has 1 aliphatic rings. The van der Waals surface area contributed by atoms with Crippen LogP contribution in [0.1, 0.15) is 25.3 Å². The molecule has 3 heteroatoms. The highest BCUT2D eigenvalue weighted by molar-refractivity contribution is 5.83. The van der Waals surface area contributed by atoms with Crippen molar-refractivity contribution in [3.63, 3.8) is 0 Å². The SMILES string of the molecule is CC1CC(NCCc2c[nH]c3ccccc23)CCN1C. The van der Waals surface area contributed by atoms with Crippen LogP contribution in [0.15, 0.2) is 30.5 Å². The van der Waals surface area contributed by atoms with Crippen LogP contribution in [0.3, 0.4) is 0 Å². The van der Waals surface area contributed by atoms with Crippen molar-refractivity contribution in [3.05, 3.63) is 36.0 Å². The van der Waals surface area contributed by atoms with Crippen molar-refractivity contribution in [3.8, 4) is 0 Å². The highest BCUT2D eigenvalue weighted by Gasteiger charge is 2.21. The molecule has 0 spiro atoms. The zero-order valence-electron chi connectivity index (χ0n) is 12.5. The van der Waals surface area contributed by atoms with Gasteiger partial charge in [0.2, 0.25) is 0 Å². The summed E-state index contributed by atoms with van der Waals surface area (Å²) in [6, 6.07) is 9.94. The van der Waals surface area contributed by atoms with Gasteiger partial charge >= 0.3 is 0 Å². The van der Waals surface area contributed by atoms with Gasteiger partial charge in [-0.25, -0.2) is 0 Å². The van der Waals surface area contributed by atoms with Crippen LogP contribution in [0, 0.1) is 0 Å². The molecule has 3 rings (SSSR count). The minimum absolute atomic E-state index is 0.686. The molecule has 20 heavy (non-hydrogen) atoms. The first-order valence-electron chi connectivity index (χ1n) is 7.72. The number of nitrogens with zero attached hydrogens (tertiary/aromatic N) is 1. The predicted octanol–water partition coefficient (Wildman–Crippen LogP) is 2.78. The van der Waals surface area contributed by atoms with Crippen molar-refractivity contribution >= 4 is 10.9 Å². The van der Waals surface area contributed by atoms with Crippen molar-refractivity contribution in [2.24, 2.45) is 0 Å². The van der Waals surface area contributed by atoms with Gasteiger partial charge in [0.15, 0.2) is 0 Å². The topological polar surface area (TPSA) is 31.1 Å². The third kappa shape index (κ3) is 2.89. The number of H-pyrrole nitrogens is 1. The van der Waals surface area contributed by atoms with E-state index in [4.69, 9.17) is 0 Å². The van der Waals surface area contributed by atoms with E-state index in [1.165, 1.54) is 35.9 Å². The lowest BCUT2D eigenvalue weighted by Crippen LogP contribution is -2.46. The first-order chi connectivity index (χ1) is 9.74. The third-order valence-corrected chi connectivity index (χ3v) is 4.71. The lowest BCUT2D eigenvalue weighted by molar-refractivity contribution is 0.169. The smallest absolute Gasteiger partial charge is 0.0456 e. The highest BCUT2D eigenvalue weighted by Crippen LogP contribution is 2.18. The maximum Gasteiger partial charge on any atom is 0.0456 e. The lowest BCUT2D eigenvalue weighted by Gasteiger charge is -2.35. The van der Waals surface area contributed by atoms with Crippen LogP contribution in [0.5, 0.6) is 0 Å². The summed E-state index contributed by atoms with van der Waals surface area (Å²) in [5, 5.41) is 5.10. The van der Waals surface area contributed by atoms with E-state index < -0.39 is 0 Å². The van der Waals surface area contributed by atoms with Crippen molar-refractivity contribution in [2.45, 2.75) is 38.3 Å². The third-order valence-electron chi connectivity index (χ3n) is 4.71. The number of para-hydroxylation sites is 1. The van der Waals surface area contributed by atoms with E-state index in [1.54, 1.807) is 0 Å². The van der Waals surface area contributed by atoms with Gasteiger partial charge in [-0.3, -0.25) is 0 Å². The number of piperidine rings is 1. The molecule has 0 aliphatic carbocycles. The van der Waals surface area contributed by atoms with Gasteiger partial charge in [-0.05, 0) is 58.0 Å². The molecule has 2 heterocycles. The average Bonchev–Trinajstić information content (AvgIpc) is 2.86. The average molecular weight is 271 g/mol. The molecular weight excluding hydrogens is 246 g/mol. The standard InChI is InChI=1S/C17H25N3/c1-13-11-15(8-10-20(13)2)18-9-7-14-12-19-17-6-4-3-5-16(14)17/h3-6,12-13,15,18-19H,7-11H2,1-2H3. The first-order valence-corrected chi connectivity index (χ1v) is 7.72. The largest absolute Gasteiger partial charge is 0.361 e. The number of nitrogens with one attached hydrogen (secondary N) is 2. The van der Waals surface area contributed by atoms with Gasteiger partial charge in [0, 0.05) is 29.2 Å². The van der Waals surface area contributed by atoms with Crippen LogP contribution in [0.2, 0.25) is 0 Å². The molecule has 3 nitrogen and oxygen atoms in total. The van der Waals surface area contributed by atoms with Crippen LogP contribution in [-0.4, -0.2) is 42.1 Å². The van der Waals surface area contributed by atoms with E-state index in [0.29, 0.717) is 12.1 Å². The number of rotatable bonds is 4. The Bertz CT molecular complexity index is 560. The minimum Gasteiger partial charge on any atom is -0.361 e. The normalized spacial score (nSPS) is 24.3. The summed E-state index contributed by atoms with van der Waals surface area (Å²) in [7, 11) is 2.23. The van der Waals surface area contributed by atoms with Gasteiger partial charge in [0.05, 0.1) is 0 Å². The second-order valence-corrected chi connectivity index (χ2v) is 6.11. The zero-order valence-corrected chi connectivity index (χ0v) is 12.5. The van der Waals surface area contributed by atoms with Gasteiger partial charge < -0.3 is 15.2 Å². The molecule has 1 saturated heterocycles. The first kappa shape index (κ1) is 13.7. The summed E-state index contributed by atoms with van der Waals surface area (Å²) in [5.41, 5.74) is 2.67. The van der Waals surface area contributed by atoms with Crippen LogP contribution in [0.25, 0.3) is 10.9 Å². The van der Waals surface area contributed by atoms with Gasteiger partial charge in [-0.15, -0.1) is 0 Å². The zero-order chi connectivity index (χ0) is 13.9. The molecule has 1 aromatic heterocycles. The monoisotopic (exact) mass is 271 g/mol. The number of aromatic amines is 1. The number of likely N-dealkylation sites (tertiary alicyclic amines) is 1. The molecule has 1 aromatic carbocycles. The summed E-state index contributed by atoms with van der Waals surface area (Å²) >= 11 is 0. The predicted molar refractivity (Wildman–Crippen MR) is 85.1 cm³/mol. The number of hydrogen-bond acceptors (Lipinski definition) is 2. The summed E-state index contributed by atoms with van der Waals surface area (Å²) in [6.07, 6.45) is 5.80. The van der Waals surface area contributed by atoms with E-state index in [9.17, 15) is 0 Å². The maximum atomic E-state index is 3.73. The second kappa shape index (κ2) is 5.98. The van der Waals surface area contributed by atoms with Crippen molar-refractivity contribution in [2.75, 3.05) is 20.1 Å². The van der Waals surface area contributed by atoms with E-state index in [0.717, 1.165) is 13.0 Å². The lowest BCUT2D eigenvalue weighted by atomic mass is 9.99. The van der Waals surface area contributed by atoms with Gasteiger partial charge in [-0.2, -0.15) is 0 Å². The quantitative estimate of drug-likeness (QED) is 0.896. The van der Waals surface area contributed by atoms with Gasteiger partial charge in [0.1, 0.15) is 0 Å². The molecular formula is C17H25N3. The summed E-state index contributed by atoms with van der Waals surface area (Å²) in [4.78, 5) is 5.81. The molecule has 1 fully saturated rings. The maximum absolute atomic E-state index is 3.73. The Morgan fingerprint density at radius 3 is 3.05 bits per heavy atom. The van der Waals surface area contributed by atoms with Gasteiger partial charge in [0.25, 0.3) is 0 Å². The molecule has 2 aromatic rings. The van der Waals surface area contributed by atoms with Crippen LogP contribution < -0.4 is 5.32 Å². The van der Waals surface area contributed by atoms with E-state index in [-0.39, 0.29) is 0 Å². The van der Waals surface area contributed by atoms with Crippen molar-refractivity contribution < 1.29 is 0 Å². The summed E-state index contributed by atoms with van der Waals surface area (Å²) < 4.78 is 0. The summed E-state index contributed by atoms with van der Waals surface area (Å²) in [6.45, 7) is 4.61. The van der Waals surface area contributed by atoms with E-state index in [2.05, 4.69) is 59.6 Å². The number of hydrogen-bond donors (Lipinski definition) is 2. The van der Waals surface area contributed by atoms with E-state index in [1.807, 2.05) is 0 Å².